The van der Waals surface area contributed by atoms with Crippen LogP contribution in [0.2, 0.25) is 0 Å². The van der Waals surface area contributed by atoms with E-state index < -0.39 is 58.3 Å². The van der Waals surface area contributed by atoms with Crippen molar-refractivity contribution in [2.45, 2.75) is 13.2 Å². The molecule has 0 radical (unpaired) electrons. The van der Waals surface area contributed by atoms with Crippen molar-refractivity contribution in [2.24, 2.45) is 0 Å². The minimum absolute atomic E-state index is 0.00298. The molecule has 0 saturated carbocycles. The Kier molecular flexibility index (Phi) is 10.2. The lowest BCUT2D eigenvalue weighted by Crippen LogP contribution is -2.10. The van der Waals surface area contributed by atoms with Crippen molar-refractivity contribution < 1.29 is 55.8 Å². The normalized spacial score (nSPS) is 13.3. The molecule has 9 aromatic rings. The van der Waals surface area contributed by atoms with Crippen LogP contribution in [-0.4, -0.2) is 35.1 Å². The molecule has 0 atom stereocenters. The molecule has 0 fully saturated rings. The second-order valence-corrected chi connectivity index (χ2v) is 18.3. The Hall–Kier alpha value is -8.20. The molecule has 2 aliphatic rings. The molecule has 0 N–H and O–H groups in total. The van der Waals surface area contributed by atoms with Gasteiger partial charge in [-0.1, -0.05) is 60.7 Å². The maximum absolute atomic E-state index is 14.5. The summed E-state index contributed by atoms with van der Waals surface area (Å²) in [5.41, 5.74) is 0.840. The molecule has 7 aromatic carbocycles. The Morgan fingerprint density at radius 2 is 0.750 bits per heavy atom. The van der Waals surface area contributed by atoms with Crippen LogP contribution in [0.25, 0.3) is 53.9 Å². The van der Waals surface area contributed by atoms with Gasteiger partial charge in [0.2, 0.25) is 0 Å². The number of hydrogen-bond acceptors (Lipinski definition) is 10. The zero-order valence-electron chi connectivity index (χ0n) is 34.7. The van der Waals surface area contributed by atoms with Gasteiger partial charge in [0, 0.05) is 42.8 Å². The third-order valence-corrected chi connectivity index (χ3v) is 14.1. The largest absolute Gasteiger partial charge is 0.457 e. The Bertz CT molecular complexity index is 3420. The first-order valence-electron chi connectivity index (χ1n) is 20.7. The lowest BCUT2D eigenvalue weighted by Gasteiger charge is -2.11. The summed E-state index contributed by atoms with van der Waals surface area (Å²) in [6, 6.07) is 30.0. The first-order chi connectivity index (χ1) is 32.8. The molecule has 2 aliphatic carbocycles. The first kappa shape index (κ1) is 42.4. The maximum atomic E-state index is 14.5. The molecule has 8 nitrogen and oxygen atoms in total. The molecular formula is C54H26F4O8S2. The highest BCUT2D eigenvalue weighted by molar-refractivity contribution is 7.22. The summed E-state index contributed by atoms with van der Waals surface area (Å²) in [4.78, 5) is 85.0. The number of allylic oxidation sites excluding steroid dienone is 2. The lowest BCUT2D eigenvalue weighted by atomic mass is 10.0. The SMILES string of the molecule is O=C1C(=Cc2cc3c(C(=O)OCc4ccccc4)c4sc(C=C5C(=O)c6cc7cc(F)c(F)cc7cc6C5=O)cc4c(C(=O)OCc4ccccc4)c3s2)C(=O)c2cc3cc(F)c(F)cc3cc21. The van der Waals surface area contributed by atoms with E-state index in [1.807, 2.05) is 0 Å². The maximum Gasteiger partial charge on any atom is 0.340 e. The van der Waals surface area contributed by atoms with E-state index in [4.69, 9.17) is 9.47 Å². The predicted molar refractivity (Wildman–Crippen MR) is 249 cm³/mol. The number of carbonyl (C=O) groups excluding carboxylic acids is 6. The smallest absolute Gasteiger partial charge is 0.340 e. The summed E-state index contributed by atoms with van der Waals surface area (Å²) in [5, 5.41) is 1.28. The molecule has 0 bridgehead atoms. The number of fused-ring (bicyclic) bond motifs is 6. The van der Waals surface area contributed by atoms with E-state index >= 15 is 0 Å². The van der Waals surface area contributed by atoms with Gasteiger partial charge < -0.3 is 9.47 Å². The Morgan fingerprint density at radius 3 is 1.06 bits per heavy atom. The molecular weight excluding hydrogens is 917 g/mol. The van der Waals surface area contributed by atoms with Crippen molar-refractivity contribution in [1.82, 2.24) is 0 Å². The van der Waals surface area contributed by atoms with Gasteiger partial charge in [0.1, 0.15) is 13.2 Å². The molecule has 2 aromatic heterocycles. The van der Waals surface area contributed by atoms with Crippen molar-refractivity contribution in [3.63, 3.8) is 0 Å². The fourth-order valence-electron chi connectivity index (χ4n) is 8.62. The number of thiophene rings is 2. The van der Waals surface area contributed by atoms with E-state index in [1.54, 1.807) is 72.8 Å². The van der Waals surface area contributed by atoms with Crippen LogP contribution >= 0.6 is 22.7 Å². The van der Waals surface area contributed by atoms with Crippen molar-refractivity contribution in [2.75, 3.05) is 0 Å². The van der Waals surface area contributed by atoms with Gasteiger partial charge >= 0.3 is 11.9 Å². The lowest BCUT2D eigenvalue weighted by molar-refractivity contribution is 0.0465. The Balaban J connectivity index is 1.07. The number of halogens is 4. The molecule has 0 aliphatic heterocycles. The van der Waals surface area contributed by atoms with Gasteiger partial charge in [-0.2, -0.15) is 0 Å². The topological polar surface area (TPSA) is 121 Å². The van der Waals surface area contributed by atoms with Gasteiger partial charge in [0.05, 0.1) is 31.7 Å². The van der Waals surface area contributed by atoms with Gasteiger partial charge in [0.25, 0.3) is 0 Å². The number of ketones is 4. The number of carbonyl (C=O) groups is 6. The molecule has 2 heterocycles. The average molecular weight is 943 g/mol. The van der Waals surface area contributed by atoms with E-state index in [0.29, 0.717) is 11.1 Å². The highest BCUT2D eigenvalue weighted by Crippen LogP contribution is 2.45. The van der Waals surface area contributed by atoms with E-state index in [0.717, 1.165) is 46.9 Å². The van der Waals surface area contributed by atoms with Gasteiger partial charge in [-0.15, -0.1) is 22.7 Å². The summed E-state index contributed by atoms with van der Waals surface area (Å²) in [5.74, 6) is -8.73. The van der Waals surface area contributed by atoms with E-state index in [-0.39, 0.29) is 109 Å². The summed E-state index contributed by atoms with van der Waals surface area (Å²) >= 11 is 1.98. The summed E-state index contributed by atoms with van der Waals surface area (Å²) in [6.45, 7) is -0.278. The molecule has 0 saturated heterocycles. The molecule has 0 amide bonds. The van der Waals surface area contributed by atoms with Crippen molar-refractivity contribution in [3.8, 4) is 0 Å². The number of rotatable bonds is 8. The molecule has 330 valence electrons. The zero-order valence-corrected chi connectivity index (χ0v) is 36.3. The van der Waals surface area contributed by atoms with E-state index in [2.05, 4.69) is 0 Å². The van der Waals surface area contributed by atoms with Crippen molar-refractivity contribution >= 4 is 112 Å². The minimum atomic E-state index is -1.12. The van der Waals surface area contributed by atoms with E-state index in [9.17, 15) is 46.3 Å². The van der Waals surface area contributed by atoms with Gasteiger partial charge in [-0.05, 0) is 105 Å². The van der Waals surface area contributed by atoms with Crippen LogP contribution in [-0.2, 0) is 22.7 Å². The predicted octanol–water partition coefficient (Wildman–Crippen LogP) is 12.6. The summed E-state index contributed by atoms with van der Waals surface area (Å²) < 4.78 is 68.9. The molecule has 11 rings (SSSR count). The number of benzene rings is 7. The Labute approximate surface area is 389 Å². The van der Waals surface area contributed by atoms with Gasteiger partial charge in [-0.3, -0.25) is 19.2 Å². The molecule has 0 unspecified atom stereocenters. The van der Waals surface area contributed by atoms with Crippen LogP contribution in [0, 0.1) is 23.3 Å². The van der Waals surface area contributed by atoms with Gasteiger partial charge in [-0.25, -0.2) is 27.2 Å². The quantitative estimate of drug-likeness (QED) is 0.0639. The number of hydrogen-bond donors (Lipinski definition) is 0. The Morgan fingerprint density at radius 1 is 0.441 bits per heavy atom. The molecule has 14 heteroatoms. The highest BCUT2D eigenvalue weighted by atomic mass is 32.1. The van der Waals surface area contributed by atoms with Crippen molar-refractivity contribution in [1.29, 1.82) is 0 Å². The van der Waals surface area contributed by atoms with Crippen LogP contribution in [0.15, 0.2) is 132 Å². The number of ether oxygens (including phenoxy) is 2. The molecule has 68 heavy (non-hydrogen) atoms. The number of Topliss-reactive ketones (excluding diaryl/α,β-unsaturated/α-hetero) is 4. The monoisotopic (exact) mass is 942 g/mol. The molecule has 0 spiro atoms. The highest BCUT2D eigenvalue weighted by Gasteiger charge is 2.36. The fraction of sp³-hybridized carbons (Fsp3) is 0.0370. The standard InChI is InChI=1S/C54H26F4O8S2/c55-41-15-27-11-33-34(12-28(27)16-42(41)56)48(60)39(47(33)59)21-31-19-37-45(53(63)65-23-25-7-3-1-4-8-25)51-38(46(52(37)68-31)54(64)66-24-26-9-5-2-6-10-26)20-32(67-51)22-40-49(61)35-13-29-17-43(57)44(58)18-30(29)14-36(35)50(40)62/h1-22H,23-24H2. The zero-order chi connectivity index (χ0) is 47.1. The van der Waals surface area contributed by atoms with Crippen molar-refractivity contribution in [3.05, 3.63) is 210 Å². The van der Waals surface area contributed by atoms with Crippen LogP contribution in [0.5, 0.6) is 0 Å². The second-order valence-electron chi connectivity index (χ2n) is 16.1. The average Bonchev–Trinajstić information content (AvgIpc) is 4.06. The fourth-order valence-corrected chi connectivity index (χ4v) is 10.9. The van der Waals surface area contributed by atoms with Crippen LogP contribution < -0.4 is 0 Å². The first-order valence-corrected chi connectivity index (χ1v) is 22.4. The van der Waals surface area contributed by atoms with Crippen LogP contribution in [0.4, 0.5) is 17.6 Å². The van der Waals surface area contributed by atoms with Crippen LogP contribution in [0.3, 0.4) is 0 Å². The minimum Gasteiger partial charge on any atom is -0.457 e. The summed E-state index contributed by atoms with van der Waals surface area (Å²) in [7, 11) is 0. The second kappa shape index (κ2) is 16.3. The van der Waals surface area contributed by atoms with E-state index in [1.165, 1.54) is 36.4 Å². The number of esters is 2. The third kappa shape index (κ3) is 7.12. The third-order valence-electron chi connectivity index (χ3n) is 11.9. The summed E-state index contributed by atoms with van der Waals surface area (Å²) in [6.07, 6.45) is 2.68. The van der Waals surface area contributed by atoms with Gasteiger partial charge in [0.15, 0.2) is 46.4 Å². The van der Waals surface area contributed by atoms with Crippen LogP contribution in [0.1, 0.15) is 83.0 Å².